The lowest BCUT2D eigenvalue weighted by atomic mass is 9.64. The Morgan fingerprint density at radius 1 is 0.722 bits per heavy atom. The summed E-state index contributed by atoms with van der Waals surface area (Å²) in [7, 11) is 2.43. The normalized spacial score (nSPS) is 29.6. The fourth-order valence-electron chi connectivity index (χ4n) is 3.39. The van der Waals surface area contributed by atoms with Gasteiger partial charge in [0.1, 0.15) is 7.85 Å². The second-order valence-electron chi connectivity index (χ2n) is 6.89. The molecule has 1 aliphatic heterocycles. The molecule has 1 saturated carbocycles. The molecular weight excluding hydrogens is 223 g/mol. The monoisotopic (exact) mass is 252 g/mol. The van der Waals surface area contributed by atoms with Crippen molar-refractivity contribution in [3.8, 4) is 0 Å². The molecule has 0 unspecified atom stereocenters. The molecule has 0 aromatic rings. The lowest BCUT2D eigenvalue weighted by molar-refractivity contribution is -0.168. The zero-order chi connectivity index (χ0) is 12.9. The molecule has 2 aliphatic rings. The molecule has 0 amide bonds. The molecule has 2 nitrogen and oxygen atoms in total. The van der Waals surface area contributed by atoms with Gasteiger partial charge in [-0.2, -0.15) is 0 Å². The minimum absolute atomic E-state index is 0.200. The molecule has 1 spiro atoms. The summed E-state index contributed by atoms with van der Waals surface area (Å²) in [5, 5.41) is 0.553. The van der Waals surface area contributed by atoms with E-state index in [0.717, 1.165) is 26.1 Å². The molecule has 2 rings (SSSR count). The first-order chi connectivity index (χ1) is 8.62. The van der Waals surface area contributed by atoms with E-state index in [1.165, 1.54) is 51.4 Å². The third kappa shape index (κ3) is 4.27. The Bertz CT molecular complexity index is 229. The van der Waals surface area contributed by atoms with Gasteiger partial charge in [0.15, 0.2) is 5.79 Å². The van der Waals surface area contributed by atoms with E-state index in [1.54, 1.807) is 0 Å². The smallest absolute Gasteiger partial charge is 0.168 e. The Hall–Kier alpha value is -0.0151. The van der Waals surface area contributed by atoms with E-state index >= 15 is 0 Å². The van der Waals surface area contributed by atoms with Crippen LogP contribution in [0, 0.1) is 0 Å². The Morgan fingerprint density at radius 2 is 1.17 bits per heavy atom. The molecule has 2 fully saturated rings. The van der Waals surface area contributed by atoms with Gasteiger partial charge < -0.3 is 9.47 Å². The van der Waals surface area contributed by atoms with Crippen molar-refractivity contribution in [3.05, 3.63) is 0 Å². The van der Waals surface area contributed by atoms with Crippen LogP contribution >= 0.6 is 0 Å². The van der Waals surface area contributed by atoms with E-state index in [-0.39, 0.29) is 5.79 Å². The van der Waals surface area contributed by atoms with Crippen LogP contribution in [0.25, 0.3) is 0 Å². The lowest BCUT2D eigenvalue weighted by Gasteiger charge is -2.30. The van der Waals surface area contributed by atoms with E-state index in [9.17, 15) is 0 Å². The number of ether oxygens (including phenoxy) is 2. The first-order valence-electron chi connectivity index (χ1n) is 7.90. The Morgan fingerprint density at radius 3 is 1.67 bits per heavy atom. The maximum absolute atomic E-state index is 5.90. The van der Waals surface area contributed by atoms with Gasteiger partial charge in [-0.1, -0.05) is 50.8 Å². The quantitative estimate of drug-likeness (QED) is 0.615. The number of rotatable bonds is 0. The number of hydrogen-bond donors (Lipinski definition) is 0. The molecule has 1 heterocycles. The zero-order valence-corrected chi connectivity index (χ0v) is 12.3. The summed E-state index contributed by atoms with van der Waals surface area (Å²) >= 11 is 0. The summed E-state index contributed by atoms with van der Waals surface area (Å²) in [6, 6.07) is 0. The molecule has 18 heavy (non-hydrogen) atoms. The minimum Gasteiger partial charge on any atom is -0.348 e. The van der Waals surface area contributed by atoms with Gasteiger partial charge in [-0.15, -0.1) is 0 Å². The van der Waals surface area contributed by atoms with Crippen molar-refractivity contribution < 1.29 is 9.47 Å². The van der Waals surface area contributed by atoms with Gasteiger partial charge in [0.25, 0.3) is 0 Å². The van der Waals surface area contributed by atoms with Crippen molar-refractivity contribution in [1.29, 1.82) is 0 Å². The van der Waals surface area contributed by atoms with Gasteiger partial charge in [-0.25, -0.2) is 0 Å². The average Bonchev–Trinajstić information content (AvgIpc) is 2.76. The molecule has 104 valence electrons. The van der Waals surface area contributed by atoms with E-state index < -0.39 is 0 Å². The highest BCUT2D eigenvalue weighted by atomic mass is 16.7. The second kappa shape index (κ2) is 6.43. The van der Waals surface area contributed by atoms with Crippen LogP contribution in [-0.4, -0.2) is 26.8 Å². The van der Waals surface area contributed by atoms with Crippen LogP contribution in [0.4, 0.5) is 0 Å². The lowest BCUT2D eigenvalue weighted by Crippen LogP contribution is -2.30. The Labute approximate surface area is 113 Å². The van der Waals surface area contributed by atoms with Gasteiger partial charge in [-0.05, 0) is 12.8 Å². The minimum atomic E-state index is -0.200. The summed E-state index contributed by atoms with van der Waals surface area (Å²) in [4.78, 5) is 0. The van der Waals surface area contributed by atoms with Crippen LogP contribution in [-0.2, 0) is 9.47 Å². The molecule has 0 atom stereocenters. The van der Waals surface area contributed by atoms with Crippen LogP contribution < -0.4 is 0 Å². The molecule has 3 heteroatoms. The van der Waals surface area contributed by atoms with Gasteiger partial charge in [-0.3, -0.25) is 0 Å². The van der Waals surface area contributed by atoms with Crippen LogP contribution in [0.1, 0.15) is 71.1 Å². The highest BCUT2D eigenvalue weighted by Crippen LogP contribution is 2.37. The maximum atomic E-state index is 5.90. The van der Waals surface area contributed by atoms with E-state index in [2.05, 4.69) is 14.8 Å². The summed E-state index contributed by atoms with van der Waals surface area (Å²) in [5.41, 5.74) is 0. The molecule has 0 radical (unpaired) electrons. The highest BCUT2D eigenvalue weighted by Gasteiger charge is 2.35. The third-order valence-corrected chi connectivity index (χ3v) is 4.64. The fourth-order valence-corrected chi connectivity index (χ4v) is 3.39. The van der Waals surface area contributed by atoms with E-state index in [0.29, 0.717) is 5.31 Å². The first kappa shape index (κ1) is 14.4. The molecule has 1 aliphatic carbocycles. The molecule has 0 aromatic heterocycles. The number of hydrogen-bond acceptors (Lipinski definition) is 2. The standard InChI is InChI=1S/C15H29BO2/c1-14(16)8-4-2-6-10-15(17-12-13-18-15)11-7-3-5-9-14/h2-13,16H2,1H3. The predicted octanol–water partition coefficient (Wildman–Crippen LogP) is 3.46. The van der Waals surface area contributed by atoms with Crippen molar-refractivity contribution in [2.24, 2.45) is 0 Å². The molecule has 1 saturated heterocycles. The van der Waals surface area contributed by atoms with E-state index in [4.69, 9.17) is 9.47 Å². The molecule has 0 N–H and O–H groups in total. The van der Waals surface area contributed by atoms with Gasteiger partial charge >= 0.3 is 0 Å². The average molecular weight is 252 g/mol. The van der Waals surface area contributed by atoms with Crippen LogP contribution in [0.2, 0.25) is 5.31 Å². The van der Waals surface area contributed by atoms with Crippen molar-refractivity contribution in [1.82, 2.24) is 0 Å². The first-order valence-corrected chi connectivity index (χ1v) is 7.90. The van der Waals surface area contributed by atoms with Crippen molar-refractivity contribution in [3.63, 3.8) is 0 Å². The fraction of sp³-hybridized carbons (Fsp3) is 1.00. The topological polar surface area (TPSA) is 18.5 Å². The molecule has 0 aromatic carbocycles. The summed E-state index contributed by atoms with van der Waals surface area (Å²) in [6.07, 6.45) is 12.9. The van der Waals surface area contributed by atoms with Crippen molar-refractivity contribution >= 4 is 7.85 Å². The zero-order valence-electron chi connectivity index (χ0n) is 12.3. The Balaban J connectivity index is 1.85. The Kier molecular flexibility index (Phi) is 5.14. The summed E-state index contributed by atoms with van der Waals surface area (Å²) in [6.45, 7) is 4.03. The van der Waals surface area contributed by atoms with Gasteiger partial charge in [0, 0.05) is 12.8 Å². The SMILES string of the molecule is BC1(C)CCCCCC2(CCCCC1)OCCO2. The van der Waals surface area contributed by atoms with Crippen LogP contribution in [0.3, 0.4) is 0 Å². The summed E-state index contributed by atoms with van der Waals surface area (Å²) < 4.78 is 11.8. The highest BCUT2D eigenvalue weighted by molar-refractivity contribution is 6.14. The molecular formula is C15H29BO2. The van der Waals surface area contributed by atoms with Crippen LogP contribution in [0.15, 0.2) is 0 Å². The largest absolute Gasteiger partial charge is 0.348 e. The maximum Gasteiger partial charge on any atom is 0.168 e. The second-order valence-corrected chi connectivity index (χ2v) is 6.89. The van der Waals surface area contributed by atoms with Crippen molar-refractivity contribution in [2.45, 2.75) is 82.2 Å². The predicted molar refractivity (Wildman–Crippen MR) is 77.7 cm³/mol. The van der Waals surface area contributed by atoms with Crippen molar-refractivity contribution in [2.75, 3.05) is 13.2 Å². The van der Waals surface area contributed by atoms with Gasteiger partial charge in [0.2, 0.25) is 0 Å². The molecule has 0 bridgehead atoms. The van der Waals surface area contributed by atoms with Gasteiger partial charge in [0.05, 0.1) is 13.2 Å². The summed E-state index contributed by atoms with van der Waals surface area (Å²) in [5.74, 6) is -0.200. The van der Waals surface area contributed by atoms with Crippen LogP contribution in [0.5, 0.6) is 0 Å². The third-order valence-electron chi connectivity index (χ3n) is 4.64. The van der Waals surface area contributed by atoms with E-state index in [1.807, 2.05) is 0 Å².